The Labute approximate surface area is 117 Å². The molecule has 4 nitrogen and oxygen atoms in total. The van der Waals surface area contributed by atoms with Gasteiger partial charge in [-0.1, -0.05) is 12.1 Å². The Hall–Kier alpha value is -0.720. The molecule has 0 amide bonds. The molecule has 0 aliphatic rings. The van der Waals surface area contributed by atoms with Crippen LogP contribution in [0.4, 0.5) is 0 Å². The van der Waals surface area contributed by atoms with E-state index in [9.17, 15) is 12.6 Å². The maximum absolute atomic E-state index is 12.1. The van der Waals surface area contributed by atoms with Gasteiger partial charge < -0.3 is 5.73 Å². The lowest BCUT2D eigenvalue weighted by Crippen LogP contribution is -2.27. The highest BCUT2D eigenvalue weighted by molar-refractivity contribution is 7.93. The van der Waals surface area contributed by atoms with Crippen LogP contribution in [0, 0.1) is 0 Å². The number of nitrogens with two attached hydrogens (primary N) is 1. The van der Waals surface area contributed by atoms with Gasteiger partial charge in [0.2, 0.25) is 0 Å². The average Bonchev–Trinajstić information content (AvgIpc) is 2.35. The maximum atomic E-state index is 12.1. The molecule has 1 aromatic carbocycles. The molecule has 0 heterocycles. The highest BCUT2D eigenvalue weighted by Gasteiger charge is 2.22. The lowest BCUT2D eigenvalue weighted by Gasteiger charge is -2.17. The van der Waals surface area contributed by atoms with Crippen LogP contribution in [0.15, 0.2) is 29.2 Å². The fraction of sp³-hybridized carbons (Fsp3) is 0.538. The zero-order valence-electron chi connectivity index (χ0n) is 11.5. The second kappa shape index (κ2) is 6.15. The predicted molar refractivity (Wildman–Crippen MR) is 79.1 cm³/mol. The van der Waals surface area contributed by atoms with Gasteiger partial charge in [0.1, 0.15) is 0 Å². The maximum Gasteiger partial charge on any atom is 0.179 e. The zero-order valence-corrected chi connectivity index (χ0v) is 13.2. The van der Waals surface area contributed by atoms with Gasteiger partial charge in [-0.3, -0.25) is 4.21 Å². The molecule has 19 heavy (non-hydrogen) atoms. The Bertz CT molecular complexity index is 542. The van der Waals surface area contributed by atoms with Crippen molar-refractivity contribution in [1.29, 1.82) is 0 Å². The van der Waals surface area contributed by atoms with E-state index in [0.29, 0.717) is 6.54 Å². The van der Waals surface area contributed by atoms with E-state index < -0.39 is 20.6 Å². The first-order valence-corrected chi connectivity index (χ1v) is 9.04. The number of benzene rings is 1. The summed E-state index contributed by atoms with van der Waals surface area (Å²) < 4.78 is 35.7. The van der Waals surface area contributed by atoms with Crippen LogP contribution in [0.25, 0.3) is 0 Å². The van der Waals surface area contributed by atoms with Gasteiger partial charge in [0.05, 0.1) is 10.6 Å². The first-order valence-electron chi connectivity index (χ1n) is 6.07. The number of rotatable bonds is 5. The van der Waals surface area contributed by atoms with E-state index in [4.69, 9.17) is 5.73 Å². The van der Waals surface area contributed by atoms with Crippen molar-refractivity contribution in [2.24, 2.45) is 5.73 Å². The molecule has 0 bridgehead atoms. The first kappa shape index (κ1) is 16.3. The highest BCUT2D eigenvalue weighted by atomic mass is 32.2. The molecule has 0 fully saturated rings. The molecule has 1 unspecified atom stereocenters. The Morgan fingerprint density at radius 3 is 2.11 bits per heavy atom. The highest BCUT2D eigenvalue weighted by Crippen LogP contribution is 2.16. The molecular formula is C13H21NO3S2. The molecule has 108 valence electrons. The summed E-state index contributed by atoms with van der Waals surface area (Å²) in [6.45, 7) is 5.90. The van der Waals surface area contributed by atoms with Crippen LogP contribution < -0.4 is 5.73 Å². The van der Waals surface area contributed by atoms with E-state index in [1.54, 1.807) is 24.3 Å². The first-order chi connectivity index (χ1) is 8.66. The zero-order chi connectivity index (χ0) is 14.7. The Balaban J connectivity index is 2.78. The molecule has 0 aromatic heterocycles. The summed E-state index contributed by atoms with van der Waals surface area (Å²) in [6.07, 6.45) is 0. The van der Waals surface area contributed by atoms with Crippen LogP contribution in [0.3, 0.4) is 0 Å². The minimum absolute atomic E-state index is 0.0984. The quantitative estimate of drug-likeness (QED) is 0.893. The number of hydrogen-bond donors (Lipinski definition) is 1. The van der Waals surface area contributed by atoms with Gasteiger partial charge in [0.25, 0.3) is 0 Å². The van der Waals surface area contributed by atoms with Gasteiger partial charge >= 0.3 is 0 Å². The van der Waals surface area contributed by atoms with Gasteiger partial charge in [0.15, 0.2) is 9.84 Å². The van der Waals surface area contributed by atoms with Crippen molar-refractivity contribution in [3.63, 3.8) is 0 Å². The van der Waals surface area contributed by atoms with E-state index in [-0.39, 0.29) is 21.1 Å². The molecule has 0 radical (unpaired) electrons. The second-order valence-electron chi connectivity index (χ2n) is 5.33. The third-order valence-corrected chi connectivity index (χ3v) is 6.67. The van der Waals surface area contributed by atoms with Gasteiger partial charge in [-0.15, -0.1) is 0 Å². The molecule has 0 aliphatic heterocycles. The fourth-order valence-corrected chi connectivity index (χ4v) is 4.32. The second-order valence-corrected chi connectivity index (χ2v) is 9.76. The van der Waals surface area contributed by atoms with Crippen LogP contribution >= 0.6 is 0 Å². The van der Waals surface area contributed by atoms with E-state index in [0.717, 1.165) is 5.56 Å². The van der Waals surface area contributed by atoms with Gasteiger partial charge in [-0.25, -0.2) is 8.42 Å². The summed E-state index contributed by atoms with van der Waals surface area (Å²) in [7, 11) is -4.54. The Morgan fingerprint density at radius 1 is 1.16 bits per heavy atom. The Kier molecular flexibility index (Phi) is 5.29. The molecule has 0 saturated heterocycles. The van der Waals surface area contributed by atoms with E-state index in [1.165, 1.54) is 0 Å². The smallest absolute Gasteiger partial charge is 0.179 e. The largest absolute Gasteiger partial charge is 0.326 e. The molecule has 0 spiro atoms. The molecule has 6 heteroatoms. The average molecular weight is 303 g/mol. The van der Waals surface area contributed by atoms with E-state index in [1.807, 2.05) is 20.8 Å². The lowest BCUT2D eigenvalue weighted by molar-refractivity contribution is 0.596. The predicted octanol–water partition coefficient (Wildman–Crippen LogP) is 1.47. The van der Waals surface area contributed by atoms with E-state index in [2.05, 4.69) is 0 Å². The van der Waals surface area contributed by atoms with Crippen molar-refractivity contribution in [2.45, 2.75) is 37.0 Å². The summed E-state index contributed by atoms with van der Waals surface area (Å²) in [5, 5.41) is 0. The summed E-state index contributed by atoms with van der Waals surface area (Å²) in [6, 6.07) is 6.51. The SMILES string of the molecule is CC(C)(C)S(=O)CCS(=O)(=O)c1ccc(CN)cc1. The molecule has 1 rings (SSSR count). The number of hydrogen-bond acceptors (Lipinski definition) is 4. The minimum atomic E-state index is -3.37. The van der Waals surface area contributed by atoms with Crippen LogP contribution in [0.2, 0.25) is 0 Å². The summed E-state index contributed by atoms with van der Waals surface area (Å²) in [5.74, 6) is 0.0589. The Morgan fingerprint density at radius 2 is 1.68 bits per heavy atom. The summed E-state index contributed by atoms with van der Waals surface area (Å²) in [5.41, 5.74) is 6.35. The van der Waals surface area contributed by atoms with Crippen LogP contribution in [-0.4, -0.2) is 28.9 Å². The van der Waals surface area contributed by atoms with E-state index >= 15 is 0 Å². The molecule has 1 atom stereocenters. The van der Waals surface area contributed by atoms with Crippen LogP contribution in [0.5, 0.6) is 0 Å². The molecular weight excluding hydrogens is 282 g/mol. The van der Waals surface area contributed by atoms with Crippen molar-refractivity contribution in [1.82, 2.24) is 0 Å². The summed E-state index contributed by atoms with van der Waals surface area (Å²) in [4.78, 5) is 0.260. The van der Waals surface area contributed by atoms with Crippen molar-refractivity contribution in [3.05, 3.63) is 29.8 Å². The fourth-order valence-electron chi connectivity index (χ4n) is 1.44. The molecule has 2 N–H and O–H groups in total. The third kappa shape index (κ3) is 4.71. The topological polar surface area (TPSA) is 77.2 Å². The van der Waals surface area contributed by atoms with Crippen molar-refractivity contribution in [3.8, 4) is 0 Å². The lowest BCUT2D eigenvalue weighted by atomic mass is 10.2. The normalized spacial score (nSPS) is 14.3. The van der Waals surface area contributed by atoms with Crippen molar-refractivity contribution < 1.29 is 12.6 Å². The third-order valence-electron chi connectivity index (χ3n) is 2.74. The monoisotopic (exact) mass is 303 g/mol. The summed E-state index contributed by atoms with van der Waals surface area (Å²) >= 11 is 0. The van der Waals surface area contributed by atoms with Crippen LogP contribution in [-0.2, 0) is 27.2 Å². The van der Waals surface area contributed by atoms with Crippen LogP contribution in [0.1, 0.15) is 26.3 Å². The molecule has 0 saturated carbocycles. The standard InChI is InChI=1S/C13H21NO3S2/c1-13(2,3)18(15)8-9-19(16,17)12-6-4-11(10-14)5-7-12/h4-7H,8-10,14H2,1-3H3. The van der Waals surface area contributed by atoms with Crippen molar-refractivity contribution >= 4 is 20.6 Å². The minimum Gasteiger partial charge on any atom is -0.326 e. The molecule has 0 aliphatic carbocycles. The van der Waals surface area contributed by atoms with Gasteiger partial charge in [-0.05, 0) is 38.5 Å². The van der Waals surface area contributed by atoms with Gasteiger partial charge in [0, 0.05) is 27.8 Å². The van der Waals surface area contributed by atoms with Gasteiger partial charge in [-0.2, -0.15) is 0 Å². The number of sulfone groups is 1. The molecule has 1 aromatic rings. The van der Waals surface area contributed by atoms with Crippen molar-refractivity contribution in [2.75, 3.05) is 11.5 Å².